The molecule has 1 amide bonds. The molecule has 23 heavy (non-hydrogen) atoms. The minimum atomic E-state index is -0.548. The molecule has 0 radical (unpaired) electrons. The predicted molar refractivity (Wildman–Crippen MR) is 87.2 cm³/mol. The molecule has 1 heterocycles. The smallest absolute Gasteiger partial charge is 0.328 e. The number of halogens is 1. The van der Waals surface area contributed by atoms with E-state index in [0.717, 1.165) is 5.56 Å². The summed E-state index contributed by atoms with van der Waals surface area (Å²) in [5.41, 5.74) is 1.51. The molecule has 0 saturated carbocycles. The molecule has 2 aromatic carbocycles. The highest BCUT2D eigenvalue weighted by atomic mass is 35.5. The van der Waals surface area contributed by atoms with Gasteiger partial charge in [0.25, 0.3) is 5.91 Å². The molecular weight excluding hydrogens is 314 g/mol. The van der Waals surface area contributed by atoms with Crippen molar-refractivity contribution < 1.29 is 14.3 Å². The lowest BCUT2D eigenvalue weighted by Crippen LogP contribution is -2.57. The van der Waals surface area contributed by atoms with Crippen molar-refractivity contribution in [3.05, 3.63) is 70.7 Å². The molecule has 1 aliphatic rings. The SMILES string of the molecule is COC(=O)[C@@H]1C[C@H](c2ccc(Cl)cc2)N1C(=O)c1ccccc1. The highest BCUT2D eigenvalue weighted by Crippen LogP contribution is 2.40. The van der Waals surface area contributed by atoms with Gasteiger partial charge >= 0.3 is 5.97 Å². The lowest BCUT2D eigenvalue weighted by Gasteiger charge is -2.47. The first-order valence-corrected chi connectivity index (χ1v) is 7.70. The second-order valence-corrected chi connectivity index (χ2v) is 5.86. The summed E-state index contributed by atoms with van der Waals surface area (Å²) in [5, 5.41) is 0.638. The van der Waals surface area contributed by atoms with Crippen LogP contribution in [0.15, 0.2) is 54.6 Å². The largest absolute Gasteiger partial charge is 0.467 e. The third-order valence-electron chi connectivity index (χ3n) is 4.10. The second kappa shape index (κ2) is 6.42. The number of hydrogen-bond donors (Lipinski definition) is 0. The zero-order valence-corrected chi connectivity index (χ0v) is 13.4. The van der Waals surface area contributed by atoms with Gasteiger partial charge < -0.3 is 9.64 Å². The summed E-state index contributed by atoms with van der Waals surface area (Å²) in [6.07, 6.45) is 0.548. The number of likely N-dealkylation sites (tertiary alicyclic amines) is 1. The maximum atomic E-state index is 12.8. The van der Waals surface area contributed by atoms with E-state index >= 15 is 0 Å². The van der Waals surface area contributed by atoms with Gasteiger partial charge in [-0.15, -0.1) is 0 Å². The van der Waals surface area contributed by atoms with E-state index in [0.29, 0.717) is 17.0 Å². The van der Waals surface area contributed by atoms with E-state index in [1.165, 1.54) is 7.11 Å². The molecule has 0 N–H and O–H groups in total. The Hall–Kier alpha value is -2.33. The summed E-state index contributed by atoms with van der Waals surface area (Å²) >= 11 is 5.92. The van der Waals surface area contributed by atoms with Crippen LogP contribution in [0, 0.1) is 0 Å². The molecule has 0 bridgehead atoms. The molecule has 4 nitrogen and oxygen atoms in total. The average Bonchev–Trinajstić information content (AvgIpc) is 2.56. The van der Waals surface area contributed by atoms with Crippen LogP contribution in [-0.2, 0) is 9.53 Å². The van der Waals surface area contributed by atoms with E-state index in [9.17, 15) is 9.59 Å². The topological polar surface area (TPSA) is 46.6 Å². The Bertz CT molecular complexity index is 715. The second-order valence-electron chi connectivity index (χ2n) is 5.42. The van der Waals surface area contributed by atoms with Crippen LogP contribution in [0.2, 0.25) is 5.02 Å². The van der Waals surface area contributed by atoms with Crippen LogP contribution in [0.1, 0.15) is 28.4 Å². The molecule has 3 rings (SSSR count). The molecule has 0 aromatic heterocycles. The molecule has 5 heteroatoms. The van der Waals surface area contributed by atoms with E-state index in [4.69, 9.17) is 16.3 Å². The Balaban J connectivity index is 1.90. The molecule has 0 unspecified atom stereocenters. The van der Waals surface area contributed by atoms with Crippen molar-refractivity contribution >= 4 is 23.5 Å². The van der Waals surface area contributed by atoms with Crippen LogP contribution in [-0.4, -0.2) is 29.9 Å². The number of rotatable bonds is 3. The summed E-state index contributed by atoms with van der Waals surface area (Å²) in [7, 11) is 1.34. The van der Waals surface area contributed by atoms with Crippen molar-refractivity contribution in [1.29, 1.82) is 0 Å². The summed E-state index contributed by atoms with van der Waals surface area (Å²) in [6, 6.07) is 15.6. The first kappa shape index (κ1) is 15.6. The Morgan fingerprint density at radius 2 is 1.74 bits per heavy atom. The normalized spacial score (nSPS) is 19.8. The Labute approximate surface area is 139 Å². The first-order valence-electron chi connectivity index (χ1n) is 7.33. The molecule has 2 aromatic rings. The molecule has 118 valence electrons. The maximum absolute atomic E-state index is 12.8. The number of benzene rings is 2. The summed E-state index contributed by atoms with van der Waals surface area (Å²) in [5.74, 6) is -0.563. The molecule has 2 atom stereocenters. The van der Waals surface area contributed by atoms with E-state index in [2.05, 4.69) is 0 Å². The van der Waals surface area contributed by atoms with Crippen LogP contribution in [0.5, 0.6) is 0 Å². The van der Waals surface area contributed by atoms with Crippen LogP contribution in [0.25, 0.3) is 0 Å². The summed E-state index contributed by atoms with van der Waals surface area (Å²) < 4.78 is 4.82. The van der Waals surface area contributed by atoms with Gasteiger partial charge in [0.15, 0.2) is 0 Å². The van der Waals surface area contributed by atoms with Crippen LogP contribution < -0.4 is 0 Å². The highest BCUT2D eigenvalue weighted by molar-refractivity contribution is 6.30. The Kier molecular flexibility index (Phi) is 4.35. The van der Waals surface area contributed by atoms with Crippen molar-refractivity contribution in [3.8, 4) is 0 Å². The standard InChI is InChI=1S/C18H16ClNO3/c1-23-18(22)16-11-15(12-7-9-14(19)10-8-12)20(16)17(21)13-5-3-2-4-6-13/h2-10,15-16H,11H2,1H3/t15-,16+/m1/s1. The maximum Gasteiger partial charge on any atom is 0.328 e. The van der Waals surface area contributed by atoms with E-state index in [1.807, 2.05) is 18.2 Å². The van der Waals surface area contributed by atoms with Gasteiger partial charge in [-0.25, -0.2) is 4.79 Å². The summed E-state index contributed by atoms with van der Waals surface area (Å²) in [4.78, 5) is 26.3. The van der Waals surface area contributed by atoms with E-state index < -0.39 is 6.04 Å². The van der Waals surface area contributed by atoms with E-state index in [-0.39, 0.29) is 17.9 Å². The summed E-state index contributed by atoms with van der Waals surface area (Å²) in [6.45, 7) is 0. The molecule has 1 saturated heterocycles. The lowest BCUT2D eigenvalue weighted by molar-refractivity contribution is -0.153. The Morgan fingerprint density at radius 3 is 2.35 bits per heavy atom. The Morgan fingerprint density at radius 1 is 1.09 bits per heavy atom. The number of carbonyl (C=O) groups is 2. The van der Waals surface area contributed by atoms with Crippen LogP contribution >= 0.6 is 11.6 Å². The number of hydrogen-bond acceptors (Lipinski definition) is 3. The van der Waals surface area contributed by atoms with Crippen LogP contribution in [0.3, 0.4) is 0 Å². The first-order chi connectivity index (χ1) is 11.1. The fourth-order valence-electron chi connectivity index (χ4n) is 2.86. The number of nitrogens with zero attached hydrogens (tertiary/aromatic N) is 1. The van der Waals surface area contributed by atoms with Gasteiger partial charge in [0.2, 0.25) is 0 Å². The predicted octanol–water partition coefficient (Wildman–Crippen LogP) is 3.47. The lowest BCUT2D eigenvalue weighted by atomic mass is 9.86. The fourth-order valence-corrected chi connectivity index (χ4v) is 2.98. The van der Waals surface area contributed by atoms with Gasteiger partial charge in [0, 0.05) is 17.0 Å². The number of carbonyl (C=O) groups excluding carboxylic acids is 2. The van der Waals surface area contributed by atoms with Gasteiger partial charge in [0.1, 0.15) is 6.04 Å². The van der Waals surface area contributed by atoms with Gasteiger partial charge in [-0.2, -0.15) is 0 Å². The number of methoxy groups -OCH3 is 1. The number of amides is 1. The minimum Gasteiger partial charge on any atom is -0.467 e. The molecule has 0 aliphatic carbocycles. The van der Waals surface area contributed by atoms with E-state index in [1.54, 1.807) is 41.3 Å². The van der Waals surface area contributed by atoms with Crippen LogP contribution in [0.4, 0.5) is 0 Å². The average molecular weight is 330 g/mol. The van der Waals surface area contributed by atoms with Crippen molar-refractivity contribution in [1.82, 2.24) is 4.90 Å². The number of ether oxygens (including phenoxy) is 1. The number of esters is 1. The highest BCUT2D eigenvalue weighted by Gasteiger charge is 2.47. The van der Waals surface area contributed by atoms with Crippen molar-refractivity contribution in [2.24, 2.45) is 0 Å². The van der Waals surface area contributed by atoms with Crippen molar-refractivity contribution in [2.45, 2.75) is 18.5 Å². The van der Waals surface area contributed by atoms with Gasteiger partial charge in [0.05, 0.1) is 13.2 Å². The van der Waals surface area contributed by atoms with Gasteiger partial charge in [-0.3, -0.25) is 4.79 Å². The van der Waals surface area contributed by atoms with Gasteiger partial charge in [-0.1, -0.05) is 41.9 Å². The molecule has 1 fully saturated rings. The third-order valence-corrected chi connectivity index (χ3v) is 4.35. The van der Waals surface area contributed by atoms with Crippen molar-refractivity contribution in [2.75, 3.05) is 7.11 Å². The van der Waals surface area contributed by atoms with Crippen molar-refractivity contribution in [3.63, 3.8) is 0 Å². The monoisotopic (exact) mass is 329 g/mol. The zero-order valence-electron chi connectivity index (χ0n) is 12.6. The quantitative estimate of drug-likeness (QED) is 0.810. The molecule has 1 aliphatic heterocycles. The third kappa shape index (κ3) is 2.94. The molecular formula is C18H16ClNO3. The minimum absolute atomic E-state index is 0.149. The van der Waals surface area contributed by atoms with Gasteiger partial charge in [-0.05, 0) is 29.8 Å². The zero-order chi connectivity index (χ0) is 16.4. The molecule has 0 spiro atoms. The fraction of sp³-hybridized carbons (Fsp3) is 0.222.